The van der Waals surface area contributed by atoms with E-state index in [2.05, 4.69) is 26.1 Å². The van der Waals surface area contributed by atoms with Crippen LogP contribution >= 0.6 is 15.9 Å². The molecule has 1 atom stereocenters. The Morgan fingerprint density at radius 3 is 2.69 bits per heavy atom. The van der Waals surface area contributed by atoms with Crippen LogP contribution in [0.1, 0.15) is 33.0 Å². The average molecular weight is 423 g/mol. The number of ether oxygens (including phenoxy) is 1. The molecule has 1 saturated heterocycles. The van der Waals surface area contributed by atoms with E-state index in [1.54, 1.807) is 9.47 Å². The van der Waals surface area contributed by atoms with Crippen LogP contribution in [0.15, 0.2) is 33.5 Å². The van der Waals surface area contributed by atoms with Gasteiger partial charge in [0.15, 0.2) is 0 Å². The second-order valence-electron chi connectivity index (χ2n) is 7.54. The molecule has 1 N–H and O–H groups in total. The number of likely N-dealkylation sites (tertiary alicyclic amines) is 1. The topological polar surface area (TPSA) is 80.2 Å². The summed E-state index contributed by atoms with van der Waals surface area (Å²) in [5.74, 6) is 0.917. The molecule has 0 radical (unpaired) electrons. The molecule has 26 heavy (non-hydrogen) atoms. The van der Waals surface area contributed by atoms with Crippen molar-refractivity contribution in [3.8, 4) is 5.69 Å². The SMILES string of the molecule is CC(C)(C)OC(=O)N1CCC(Cc2n[nH]c(=O)n2-c2ccc(Br)cc2)C1. The van der Waals surface area contributed by atoms with E-state index in [9.17, 15) is 9.59 Å². The minimum absolute atomic E-state index is 0.243. The Morgan fingerprint density at radius 1 is 1.35 bits per heavy atom. The summed E-state index contributed by atoms with van der Waals surface area (Å²) >= 11 is 3.40. The molecule has 1 aliphatic heterocycles. The third kappa shape index (κ3) is 4.35. The molecule has 2 aromatic rings. The summed E-state index contributed by atoms with van der Waals surface area (Å²) in [6, 6.07) is 7.51. The fourth-order valence-electron chi connectivity index (χ4n) is 3.07. The summed E-state index contributed by atoms with van der Waals surface area (Å²) in [6.07, 6.45) is 1.20. The number of carbonyl (C=O) groups is 1. The third-order valence-corrected chi connectivity index (χ3v) is 4.76. The Labute approximate surface area is 160 Å². The van der Waals surface area contributed by atoms with E-state index >= 15 is 0 Å². The van der Waals surface area contributed by atoms with E-state index in [0.717, 1.165) is 16.6 Å². The molecule has 2 heterocycles. The summed E-state index contributed by atoms with van der Waals surface area (Å²) in [5, 5.41) is 6.72. The summed E-state index contributed by atoms with van der Waals surface area (Å²) < 4.78 is 7.97. The van der Waals surface area contributed by atoms with Gasteiger partial charge in [0.2, 0.25) is 0 Å². The van der Waals surface area contributed by atoms with Gasteiger partial charge in [-0.15, -0.1) is 0 Å². The number of H-pyrrole nitrogens is 1. The van der Waals surface area contributed by atoms with Crippen LogP contribution in [0.2, 0.25) is 0 Å². The number of nitrogens with one attached hydrogen (secondary N) is 1. The monoisotopic (exact) mass is 422 g/mol. The molecular weight excluding hydrogens is 400 g/mol. The molecular formula is C18H23BrN4O3. The second-order valence-corrected chi connectivity index (χ2v) is 8.46. The van der Waals surface area contributed by atoms with Gasteiger partial charge in [-0.05, 0) is 57.4 Å². The molecule has 0 saturated carbocycles. The number of rotatable bonds is 3. The zero-order valence-corrected chi connectivity index (χ0v) is 16.7. The number of benzene rings is 1. The smallest absolute Gasteiger partial charge is 0.410 e. The van der Waals surface area contributed by atoms with Crippen LogP contribution < -0.4 is 5.69 Å². The quantitative estimate of drug-likeness (QED) is 0.823. The van der Waals surface area contributed by atoms with Crippen LogP contribution in [0.5, 0.6) is 0 Å². The lowest BCUT2D eigenvalue weighted by molar-refractivity contribution is 0.0288. The van der Waals surface area contributed by atoms with Crippen LogP contribution in [0.25, 0.3) is 5.69 Å². The number of aromatic nitrogens is 3. The van der Waals surface area contributed by atoms with Gasteiger partial charge in [0.25, 0.3) is 0 Å². The second kappa shape index (κ2) is 7.26. The van der Waals surface area contributed by atoms with Crippen molar-refractivity contribution in [3.05, 3.63) is 45.0 Å². The minimum atomic E-state index is -0.501. The van der Waals surface area contributed by atoms with Gasteiger partial charge in [-0.25, -0.2) is 19.3 Å². The molecule has 1 unspecified atom stereocenters. The average Bonchev–Trinajstić information content (AvgIpc) is 3.15. The Kier molecular flexibility index (Phi) is 5.22. The molecule has 0 spiro atoms. The number of aromatic amines is 1. The molecule has 0 aliphatic carbocycles. The first-order valence-electron chi connectivity index (χ1n) is 8.63. The Morgan fingerprint density at radius 2 is 2.04 bits per heavy atom. The number of hydrogen-bond donors (Lipinski definition) is 1. The van der Waals surface area contributed by atoms with Crippen LogP contribution in [0, 0.1) is 5.92 Å². The van der Waals surface area contributed by atoms with Gasteiger partial charge in [0, 0.05) is 24.0 Å². The largest absolute Gasteiger partial charge is 0.444 e. The van der Waals surface area contributed by atoms with E-state index < -0.39 is 5.60 Å². The van der Waals surface area contributed by atoms with Crippen molar-refractivity contribution in [3.63, 3.8) is 0 Å². The van der Waals surface area contributed by atoms with Crippen molar-refractivity contribution in [2.24, 2.45) is 5.92 Å². The van der Waals surface area contributed by atoms with E-state index in [4.69, 9.17) is 4.74 Å². The number of nitrogens with zero attached hydrogens (tertiary/aromatic N) is 3. The van der Waals surface area contributed by atoms with Gasteiger partial charge < -0.3 is 9.64 Å². The molecule has 1 aromatic heterocycles. The fraction of sp³-hybridized carbons (Fsp3) is 0.500. The van der Waals surface area contributed by atoms with Crippen molar-refractivity contribution in [1.29, 1.82) is 0 Å². The van der Waals surface area contributed by atoms with Gasteiger partial charge in [-0.2, -0.15) is 5.10 Å². The first-order chi connectivity index (χ1) is 12.2. The lowest BCUT2D eigenvalue weighted by atomic mass is 10.0. The molecule has 0 bridgehead atoms. The minimum Gasteiger partial charge on any atom is -0.444 e. The van der Waals surface area contributed by atoms with E-state index in [-0.39, 0.29) is 17.7 Å². The highest BCUT2D eigenvalue weighted by Gasteiger charge is 2.30. The Balaban J connectivity index is 1.70. The predicted molar refractivity (Wildman–Crippen MR) is 102 cm³/mol. The van der Waals surface area contributed by atoms with Gasteiger partial charge in [-0.1, -0.05) is 15.9 Å². The standard InChI is InChI=1S/C18H23BrN4O3/c1-18(2,3)26-17(25)22-9-8-12(11-22)10-15-20-21-16(24)23(15)14-6-4-13(19)5-7-14/h4-7,12H,8-11H2,1-3H3,(H,21,24). The van der Waals surface area contributed by atoms with Gasteiger partial charge in [0.05, 0.1) is 5.69 Å². The van der Waals surface area contributed by atoms with Gasteiger partial charge in [0.1, 0.15) is 11.4 Å². The number of halogens is 1. The molecule has 1 fully saturated rings. The van der Waals surface area contributed by atoms with E-state index in [0.29, 0.717) is 25.3 Å². The number of hydrogen-bond acceptors (Lipinski definition) is 4. The number of amides is 1. The molecule has 140 valence electrons. The van der Waals surface area contributed by atoms with Crippen LogP contribution in [-0.4, -0.2) is 44.4 Å². The third-order valence-electron chi connectivity index (χ3n) is 4.24. The van der Waals surface area contributed by atoms with Gasteiger partial charge >= 0.3 is 11.8 Å². The lowest BCUT2D eigenvalue weighted by Gasteiger charge is -2.24. The Hall–Kier alpha value is -2.09. The molecule has 7 nitrogen and oxygen atoms in total. The summed E-state index contributed by atoms with van der Waals surface area (Å²) in [6.45, 7) is 6.85. The van der Waals surface area contributed by atoms with Crippen LogP contribution in [-0.2, 0) is 11.2 Å². The molecule has 1 amide bonds. The fourth-order valence-corrected chi connectivity index (χ4v) is 3.34. The first-order valence-corrected chi connectivity index (χ1v) is 9.42. The molecule has 3 rings (SSSR count). The van der Waals surface area contributed by atoms with Crippen molar-refractivity contribution in [2.45, 2.75) is 39.2 Å². The van der Waals surface area contributed by atoms with Crippen molar-refractivity contribution < 1.29 is 9.53 Å². The maximum atomic E-state index is 12.2. The normalized spacial score (nSPS) is 17.5. The van der Waals surface area contributed by atoms with Crippen molar-refractivity contribution in [2.75, 3.05) is 13.1 Å². The highest BCUT2D eigenvalue weighted by molar-refractivity contribution is 9.10. The van der Waals surface area contributed by atoms with E-state index in [1.807, 2.05) is 45.0 Å². The van der Waals surface area contributed by atoms with Crippen LogP contribution in [0.3, 0.4) is 0 Å². The molecule has 8 heteroatoms. The maximum absolute atomic E-state index is 12.2. The predicted octanol–water partition coefficient (Wildman–Crippen LogP) is 3.12. The van der Waals surface area contributed by atoms with Crippen LogP contribution in [0.4, 0.5) is 4.79 Å². The lowest BCUT2D eigenvalue weighted by Crippen LogP contribution is -2.35. The zero-order valence-electron chi connectivity index (χ0n) is 15.2. The summed E-state index contributed by atoms with van der Waals surface area (Å²) in [7, 11) is 0. The van der Waals surface area contributed by atoms with Crippen molar-refractivity contribution >= 4 is 22.0 Å². The highest BCUT2D eigenvalue weighted by atomic mass is 79.9. The molecule has 1 aliphatic rings. The van der Waals surface area contributed by atoms with Gasteiger partial charge in [-0.3, -0.25) is 0 Å². The highest BCUT2D eigenvalue weighted by Crippen LogP contribution is 2.23. The first kappa shape index (κ1) is 18.7. The number of carbonyl (C=O) groups excluding carboxylic acids is 1. The summed E-state index contributed by atoms with van der Waals surface area (Å²) in [4.78, 5) is 26.1. The maximum Gasteiger partial charge on any atom is 0.410 e. The molecule has 1 aromatic carbocycles. The van der Waals surface area contributed by atoms with Crippen molar-refractivity contribution in [1.82, 2.24) is 19.7 Å². The zero-order chi connectivity index (χ0) is 18.9. The van der Waals surface area contributed by atoms with E-state index in [1.165, 1.54) is 0 Å². The Bertz CT molecular complexity index is 835. The summed E-state index contributed by atoms with van der Waals surface area (Å²) in [5.41, 5.74) is 0.00708.